The van der Waals surface area contributed by atoms with E-state index in [9.17, 15) is 10.4 Å². The standard InChI is InChI=1S/C20H21N5O/c21-11-18-20(23-19-7-3-4-9-25(18)19)22-12-17(26)14-24-10-8-15-5-1-2-6-16(15)13-24/h1-7,9,17,22,26H,8,10,12-14H2/t17-/m1/s1. The van der Waals surface area contributed by atoms with Crippen molar-refractivity contribution in [1.29, 1.82) is 5.26 Å². The predicted molar refractivity (Wildman–Crippen MR) is 99.8 cm³/mol. The molecule has 1 aliphatic rings. The monoisotopic (exact) mass is 347 g/mol. The van der Waals surface area contributed by atoms with E-state index in [0.29, 0.717) is 30.2 Å². The molecule has 1 aromatic carbocycles. The molecular formula is C20H21N5O. The number of fused-ring (bicyclic) bond motifs is 2. The lowest BCUT2D eigenvalue weighted by atomic mass is 10.00. The molecule has 6 nitrogen and oxygen atoms in total. The van der Waals surface area contributed by atoms with Gasteiger partial charge in [-0.1, -0.05) is 30.3 Å². The van der Waals surface area contributed by atoms with Crippen molar-refractivity contribution in [2.24, 2.45) is 0 Å². The summed E-state index contributed by atoms with van der Waals surface area (Å²) in [6.45, 7) is 2.77. The number of nitriles is 1. The zero-order chi connectivity index (χ0) is 17.9. The van der Waals surface area contributed by atoms with Crippen LogP contribution in [0.25, 0.3) is 5.65 Å². The smallest absolute Gasteiger partial charge is 0.168 e. The maximum atomic E-state index is 10.4. The molecule has 0 fully saturated rings. The molecule has 4 rings (SSSR count). The van der Waals surface area contributed by atoms with E-state index in [2.05, 4.69) is 45.5 Å². The van der Waals surface area contributed by atoms with E-state index in [4.69, 9.17) is 0 Å². The second kappa shape index (κ2) is 7.16. The number of aliphatic hydroxyl groups is 1. The van der Waals surface area contributed by atoms with Gasteiger partial charge in [-0.25, -0.2) is 4.98 Å². The van der Waals surface area contributed by atoms with Gasteiger partial charge >= 0.3 is 0 Å². The number of anilines is 1. The van der Waals surface area contributed by atoms with E-state index in [1.54, 1.807) is 4.40 Å². The zero-order valence-corrected chi connectivity index (χ0v) is 14.5. The molecule has 132 valence electrons. The molecule has 2 N–H and O–H groups in total. The van der Waals surface area contributed by atoms with Gasteiger partial charge in [-0.2, -0.15) is 5.26 Å². The third-order valence-corrected chi connectivity index (χ3v) is 4.82. The summed E-state index contributed by atoms with van der Waals surface area (Å²) in [4.78, 5) is 6.70. The molecule has 1 aliphatic heterocycles. The Labute approximate surface area is 152 Å². The van der Waals surface area contributed by atoms with Crippen molar-refractivity contribution in [2.45, 2.75) is 19.1 Å². The van der Waals surface area contributed by atoms with Gasteiger partial charge in [0.05, 0.1) is 6.10 Å². The molecule has 0 aliphatic carbocycles. The molecule has 3 heterocycles. The molecule has 6 heteroatoms. The van der Waals surface area contributed by atoms with E-state index in [-0.39, 0.29) is 0 Å². The van der Waals surface area contributed by atoms with Crippen molar-refractivity contribution in [3.05, 3.63) is 65.5 Å². The molecule has 0 bridgehead atoms. The third kappa shape index (κ3) is 3.27. The van der Waals surface area contributed by atoms with E-state index in [0.717, 1.165) is 19.5 Å². The number of aromatic nitrogens is 2. The number of aliphatic hydroxyl groups excluding tert-OH is 1. The van der Waals surface area contributed by atoms with Crippen molar-refractivity contribution in [2.75, 3.05) is 25.0 Å². The van der Waals surface area contributed by atoms with Gasteiger partial charge in [0.25, 0.3) is 0 Å². The molecular weight excluding hydrogens is 326 g/mol. The first-order chi connectivity index (χ1) is 12.7. The Hall–Kier alpha value is -2.88. The van der Waals surface area contributed by atoms with Crippen LogP contribution in [0, 0.1) is 11.3 Å². The lowest BCUT2D eigenvalue weighted by molar-refractivity contribution is 0.114. The highest BCUT2D eigenvalue weighted by molar-refractivity contribution is 5.58. The molecule has 0 unspecified atom stereocenters. The molecule has 0 amide bonds. The van der Waals surface area contributed by atoms with Crippen molar-refractivity contribution in [1.82, 2.24) is 14.3 Å². The molecule has 2 aromatic heterocycles. The van der Waals surface area contributed by atoms with E-state index in [1.165, 1.54) is 11.1 Å². The minimum Gasteiger partial charge on any atom is -0.390 e. The first-order valence-corrected chi connectivity index (χ1v) is 8.83. The fraction of sp³-hybridized carbons (Fsp3) is 0.300. The first-order valence-electron chi connectivity index (χ1n) is 8.83. The van der Waals surface area contributed by atoms with Crippen LogP contribution in [0.5, 0.6) is 0 Å². The lowest BCUT2D eigenvalue weighted by Gasteiger charge is -2.30. The summed E-state index contributed by atoms with van der Waals surface area (Å²) in [5.41, 5.74) is 3.92. The van der Waals surface area contributed by atoms with Crippen LogP contribution in [-0.4, -0.2) is 45.1 Å². The second-order valence-electron chi connectivity index (χ2n) is 6.64. The van der Waals surface area contributed by atoms with Gasteiger partial charge in [0.15, 0.2) is 11.5 Å². The van der Waals surface area contributed by atoms with Crippen LogP contribution < -0.4 is 5.32 Å². The summed E-state index contributed by atoms with van der Waals surface area (Å²) in [5.74, 6) is 0.515. The van der Waals surface area contributed by atoms with Gasteiger partial charge in [-0.05, 0) is 29.7 Å². The van der Waals surface area contributed by atoms with E-state index < -0.39 is 6.10 Å². The second-order valence-corrected chi connectivity index (χ2v) is 6.64. The number of pyridine rings is 1. The number of hydrogen-bond donors (Lipinski definition) is 2. The van der Waals surface area contributed by atoms with Gasteiger partial charge in [0.2, 0.25) is 0 Å². The Morgan fingerprint density at radius 2 is 2.00 bits per heavy atom. The Morgan fingerprint density at radius 1 is 1.19 bits per heavy atom. The molecule has 0 radical (unpaired) electrons. The number of hydrogen-bond acceptors (Lipinski definition) is 5. The topological polar surface area (TPSA) is 76.6 Å². The number of benzene rings is 1. The lowest BCUT2D eigenvalue weighted by Crippen LogP contribution is -2.39. The van der Waals surface area contributed by atoms with Crippen molar-refractivity contribution < 1.29 is 5.11 Å². The quantitative estimate of drug-likeness (QED) is 0.739. The first kappa shape index (κ1) is 16.6. The Bertz CT molecular complexity index is 958. The van der Waals surface area contributed by atoms with Crippen molar-refractivity contribution in [3.63, 3.8) is 0 Å². The van der Waals surface area contributed by atoms with E-state index >= 15 is 0 Å². The molecule has 0 spiro atoms. The summed E-state index contributed by atoms with van der Waals surface area (Å²) in [6, 6.07) is 16.3. The molecule has 3 aromatic rings. The van der Waals surface area contributed by atoms with Crippen LogP contribution in [0.4, 0.5) is 5.82 Å². The van der Waals surface area contributed by atoms with Crippen LogP contribution in [0.3, 0.4) is 0 Å². The average Bonchev–Trinajstić information content (AvgIpc) is 3.04. The van der Waals surface area contributed by atoms with Crippen molar-refractivity contribution >= 4 is 11.5 Å². The van der Waals surface area contributed by atoms with Gasteiger partial charge in [0, 0.05) is 32.4 Å². The van der Waals surface area contributed by atoms with Crippen LogP contribution in [0.2, 0.25) is 0 Å². The summed E-state index contributed by atoms with van der Waals surface area (Å²) >= 11 is 0. The Morgan fingerprint density at radius 3 is 2.85 bits per heavy atom. The maximum Gasteiger partial charge on any atom is 0.168 e. The largest absolute Gasteiger partial charge is 0.390 e. The third-order valence-electron chi connectivity index (χ3n) is 4.82. The number of rotatable bonds is 5. The van der Waals surface area contributed by atoms with Gasteiger partial charge in [-0.3, -0.25) is 9.30 Å². The molecule has 26 heavy (non-hydrogen) atoms. The van der Waals surface area contributed by atoms with Gasteiger partial charge in [0.1, 0.15) is 11.7 Å². The van der Waals surface area contributed by atoms with Crippen LogP contribution in [0.15, 0.2) is 48.7 Å². The fourth-order valence-electron chi connectivity index (χ4n) is 3.51. The number of nitrogens with zero attached hydrogens (tertiary/aromatic N) is 4. The van der Waals surface area contributed by atoms with Crippen molar-refractivity contribution in [3.8, 4) is 6.07 Å². The highest BCUT2D eigenvalue weighted by Crippen LogP contribution is 2.19. The minimum absolute atomic E-state index is 0.358. The fourth-order valence-corrected chi connectivity index (χ4v) is 3.51. The minimum atomic E-state index is -0.531. The zero-order valence-electron chi connectivity index (χ0n) is 14.5. The Kier molecular flexibility index (Phi) is 4.57. The van der Waals surface area contributed by atoms with Gasteiger partial charge < -0.3 is 10.4 Å². The normalized spacial score (nSPS) is 15.4. The summed E-state index contributed by atoms with van der Waals surface area (Å²) < 4.78 is 1.75. The van der Waals surface area contributed by atoms with Crippen LogP contribution >= 0.6 is 0 Å². The molecule has 0 saturated carbocycles. The number of nitrogens with one attached hydrogen (secondary N) is 1. The summed E-state index contributed by atoms with van der Waals surface area (Å²) in [5, 5.41) is 23.0. The molecule has 0 saturated heterocycles. The number of imidazole rings is 1. The van der Waals surface area contributed by atoms with Crippen LogP contribution in [0.1, 0.15) is 16.8 Å². The molecule has 1 atom stereocenters. The summed E-state index contributed by atoms with van der Waals surface area (Å²) in [7, 11) is 0. The van der Waals surface area contributed by atoms with Crippen LogP contribution in [-0.2, 0) is 13.0 Å². The average molecular weight is 347 g/mol. The number of β-amino-alcohol motifs (C(OH)–C–C–N with tert-alkyl or cyclic N) is 1. The highest BCUT2D eigenvalue weighted by atomic mass is 16.3. The maximum absolute atomic E-state index is 10.4. The Balaban J connectivity index is 1.38. The van der Waals surface area contributed by atoms with Gasteiger partial charge in [-0.15, -0.1) is 0 Å². The summed E-state index contributed by atoms with van der Waals surface area (Å²) in [6.07, 6.45) is 2.30. The SMILES string of the molecule is N#Cc1c(NC[C@@H](O)CN2CCc3ccccc3C2)nc2ccccn12. The highest BCUT2D eigenvalue weighted by Gasteiger charge is 2.19. The predicted octanol–water partition coefficient (Wildman–Crippen LogP) is 2.04. The van der Waals surface area contributed by atoms with E-state index in [1.807, 2.05) is 24.4 Å².